The second-order valence-electron chi connectivity index (χ2n) is 5.76. The number of carbonyl (C=O) groups is 1. The predicted molar refractivity (Wildman–Crippen MR) is 84.1 cm³/mol. The van der Waals surface area contributed by atoms with E-state index >= 15 is 0 Å². The highest BCUT2D eigenvalue weighted by Crippen LogP contribution is 2.24. The van der Waals surface area contributed by atoms with E-state index in [0.717, 1.165) is 43.1 Å². The molecule has 2 atom stereocenters. The lowest BCUT2D eigenvalue weighted by Gasteiger charge is -2.36. The van der Waals surface area contributed by atoms with E-state index in [4.69, 9.17) is 22.1 Å². The SMILES string of the molecule is COC(=O)CCC1CC(N)CN(Cc2ccccc2Cl)C1. The van der Waals surface area contributed by atoms with Crippen LogP contribution in [0.1, 0.15) is 24.8 Å². The summed E-state index contributed by atoms with van der Waals surface area (Å²) in [7, 11) is 1.43. The minimum absolute atomic E-state index is 0.146. The van der Waals surface area contributed by atoms with Gasteiger partial charge >= 0.3 is 5.97 Å². The molecule has 0 amide bonds. The minimum Gasteiger partial charge on any atom is -0.469 e. The Morgan fingerprint density at radius 2 is 2.19 bits per heavy atom. The van der Waals surface area contributed by atoms with Gasteiger partial charge in [0.05, 0.1) is 7.11 Å². The number of benzene rings is 1. The maximum absolute atomic E-state index is 11.3. The van der Waals surface area contributed by atoms with Crippen molar-refractivity contribution < 1.29 is 9.53 Å². The zero-order valence-corrected chi connectivity index (χ0v) is 13.2. The van der Waals surface area contributed by atoms with E-state index in [1.807, 2.05) is 24.3 Å². The molecule has 1 aromatic rings. The van der Waals surface area contributed by atoms with Gasteiger partial charge in [-0.3, -0.25) is 9.69 Å². The maximum atomic E-state index is 11.3. The molecule has 5 heteroatoms. The molecule has 0 radical (unpaired) electrons. The van der Waals surface area contributed by atoms with Gasteiger partial charge < -0.3 is 10.5 Å². The number of rotatable bonds is 5. The molecule has 0 spiro atoms. The molecular weight excluding hydrogens is 288 g/mol. The summed E-state index contributed by atoms with van der Waals surface area (Å²) in [5, 5.41) is 0.794. The summed E-state index contributed by atoms with van der Waals surface area (Å²) in [5.41, 5.74) is 7.28. The molecule has 2 unspecified atom stereocenters. The van der Waals surface area contributed by atoms with E-state index in [1.54, 1.807) is 0 Å². The summed E-state index contributed by atoms with van der Waals surface area (Å²) < 4.78 is 4.71. The lowest BCUT2D eigenvalue weighted by atomic mass is 9.90. The summed E-state index contributed by atoms with van der Waals surface area (Å²) in [5.74, 6) is 0.294. The van der Waals surface area contributed by atoms with Crippen molar-refractivity contribution in [3.63, 3.8) is 0 Å². The summed E-state index contributed by atoms with van der Waals surface area (Å²) in [6, 6.07) is 8.05. The first-order chi connectivity index (χ1) is 10.1. The Bertz CT molecular complexity index is 481. The zero-order valence-electron chi connectivity index (χ0n) is 12.4. The van der Waals surface area contributed by atoms with Gasteiger partial charge in [0.1, 0.15) is 0 Å². The van der Waals surface area contributed by atoms with Crippen LogP contribution in [0.5, 0.6) is 0 Å². The van der Waals surface area contributed by atoms with E-state index in [-0.39, 0.29) is 12.0 Å². The van der Waals surface area contributed by atoms with Crippen LogP contribution in [0.4, 0.5) is 0 Å². The molecule has 4 nitrogen and oxygen atoms in total. The Balaban J connectivity index is 1.91. The fraction of sp³-hybridized carbons (Fsp3) is 0.562. The van der Waals surface area contributed by atoms with Gasteiger partial charge in [0, 0.05) is 37.1 Å². The second kappa shape index (κ2) is 7.78. The number of halogens is 1. The van der Waals surface area contributed by atoms with Crippen molar-refractivity contribution in [3.05, 3.63) is 34.9 Å². The van der Waals surface area contributed by atoms with Gasteiger partial charge in [-0.25, -0.2) is 0 Å². The van der Waals surface area contributed by atoms with Gasteiger partial charge in [0.25, 0.3) is 0 Å². The van der Waals surface area contributed by atoms with Gasteiger partial charge in [-0.15, -0.1) is 0 Å². The van der Waals surface area contributed by atoms with Crippen LogP contribution in [0, 0.1) is 5.92 Å². The third-order valence-corrected chi connectivity index (χ3v) is 4.35. The number of methoxy groups -OCH3 is 1. The van der Waals surface area contributed by atoms with Crippen molar-refractivity contribution >= 4 is 17.6 Å². The second-order valence-corrected chi connectivity index (χ2v) is 6.17. The van der Waals surface area contributed by atoms with Crippen LogP contribution in [-0.4, -0.2) is 37.1 Å². The zero-order chi connectivity index (χ0) is 15.2. The summed E-state index contributed by atoms with van der Waals surface area (Å²) in [6.07, 6.45) is 2.27. The van der Waals surface area contributed by atoms with Crippen molar-refractivity contribution in [3.8, 4) is 0 Å². The molecule has 0 bridgehead atoms. The number of piperidine rings is 1. The van der Waals surface area contributed by atoms with Crippen LogP contribution in [0.3, 0.4) is 0 Å². The Hall–Kier alpha value is -1.10. The normalized spacial score (nSPS) is 23.0. The molecular formula is C16H23ClN2O2. The fourth-order valence-corrected chi connectivity index (χ4v) is 3.17. The number of nitrogens with two attached hydrogens (primary N) is 1. The van der Waals surface area contributed by atoms with Crippen molar-refractivity contribution in [2.75, 3.05) is 20.2 Å². The lowest BCUT2D eigenvalue weighted by Crippen LogP contribution is -2.46. The number of ether oxygens (including phenoxy) is 1. The topological polar surface area (TPSA) is 55.6 Å². The van der Waals surface area contributed by atoms with Gasteiger partial charge in [0.2, 0.25) is 0 Å². The number of likely N-dealkylation sites (tertiary alicyclic amines) is 1. The molecule has 21 heavy (non-hydrogen) atoms. The maximum Gasteiger partial charge on any atom is 0.305 e. The first-order valence-corrected chi connectivity index (χ1v) is 7.74. The highest BCUT2D eigenvalue weighted by molar-refractivity contribution is 6.31. The molecule has 116 valence electrons. The number of hydrogen-bond acceptors (Lipinski definition) is 4. The van der Waals surface area contributed by atoms with E-state index < -0.39 is 0 Å². The van der Waals surface area contributed by atoms with E-state index in [0.29, 0.717) is 12.3 Å². The molecule has 1 saturated heterocycles. The monoisotopic (exact) mass is 310 g/mol. The molecule has 1 aliphatic rings. The Morgan fingerprint density at radius 3 is 2.90 bits per heavy atom. The first-order valence-electron chi connectivity index (χ1n) is 7.36. The lowest BCUT2D eigenvalue weighted by molar-refractivity contribution is -0.141. The smallest absolute Gasteiger partial charge is 0.305 e. The van der Waals surface area contributed by atoms with Crippen molar-refractivity contribution in [1.29, 1.82) is 0 Å². The largest absolute Gasteiger partial charge is 0.469 e. The van der Waals surface area contributed by atoms with Crippen LogP contribution >= 0.6 is 11.6 Å². The molecule has 1 aromatic carbocycles. The van der Waals surface area contributed by atoms with Gasteiger partial charge in [-0.1, -0.05) is 29.8 Å². The molecule has 1 fully saturated rings. The standard InChI is InChI=1S/C16H23ClN2O2/c1-21-16(20)7-6-12-8-14(18)11-19(9-12)10-13-4-2-3-5-15(13)17/h2-5,12,14H,6-11,18H2,1H3. The van der Waals surface area contributed by atoms with Gasteiger partial charge in [-0.2, -0.15) is 0 Å². The average molecular weight is 311 g/mol. The predicted octanol–water partition coefficient (Wildman–Crippen LogP) is 2.44. The third kappa shape index (κ3) is 4.99. The quantitative estimate of drug-likeness (QED) is 0.849. The molecule has 1 aliphatic heterocycles. The van der Waals surface area contributed by atoms with Crippen LogP contribution in [0.25, 0.3) is 0 Å². The summed E-state index contributed by atoms with van der Waals surface area (Å²) in [4.78, 5) is 13.6. The van der Waals surface area contributed by atoms with Gasteiger partial charge in [0.15, 0.2) is 0 Å². The van der Waals surface area contributed by atoms with E-state index in [2.05, 4.69) is 4.90 Å². The summed E-state index contributed by atoms with van der Waals surface area (Å²) >= 11 is 6.22. The highest BCUT2D eigenvalue weighted by Gasteiger charge is 2.25. The number of nitrogens with zero attached hydrogens (tertiary/aromatic N) is 1. The van der Waals surface area contributed by atoms with Crippen LogP contribution in [0.15, 0.2) is 24.3 Å². The Kier molecular flexibility index (Phi) is 6.03. The molecule has 2 rings (SSSR count). The molecule has 1 heterocycles. The first kappa shape index (κ1) is 16.3. The third-order valence-electron chi connectivity index (χ3n) is 3.98. The summed E-state index contributed by atoms with van der Waals surface area (Å²) in [6.45, 7) is 2.64. The van der Waals surface area contributed by atoms with Crippen molar-refractivity contribution in [2.45, 2.75) is 31.8 Å². The van der Waals surface area contributed by atoms with E-state index in [9.17, 15) is 4.79 Å². The Morgan fingerprint density at radius 1 is 1.43 bits per heavy atom. The fourth-order valence-electron chi connectivity index (χ4n) is 2.98. The number of carbonyl (C=O) groups excluding carboxylic acids is 1. The molecule has 0 aliphatic carbocycles. The number of esters is 1. The minimum atomic E-state index is -0.146. The van der Waals surface area contributed by atoms with Crippen LogP contribution in [0.2, 0.25) is 5.02 Å². The number of hydrogen-bond donors (Lipinski definition) is 1. The molecule has 0 aromatic heterocycles. The van der Waals surface area contributed by atoms with Crippen LogP contribution < -0.4 is 5.73 Å². The van der Waals surface area contributed by atoms with Crippen molar-refractivity contribution in [2.24, 2.45) is 11.7 Å². The Labute approximate surface area is 131 Å². The van der Waals surface area contributed by atoms with Crippen LogP contribution in [-0.2, 0) is 16.1 Å². The van der Waals surface area contributed by atoms with Crippen molar-refractivity contribution in [1.82, 2.24) is 4.90 Å². The molecule has 0 saturated carbocycles. The average Bonchev–Trinajstić information content (AvgIpc) is 2.46. The highest BCUT2D eigenvalue weighted by atomic mass is 35.5. The van der Waals surface area contributed by atoms with Gasteiger partial charge in [-0.05, 0) is 30.4 Å². The molecule has 2 N–H and O–H groups in total. The van der Waals surface area contributed by atoms with E-state index in [1.165, 1.54) is 7.11 Å².